The minimum atomic E-state index is -0.442. The van der Waals surface area contributed by atoms with Gasteiger partial charge in [0.2, 0.25) is 0 Å². The lowest BCUT2D eigenvalue weighted by Crippen LogP contribution is -2.13. The van der Waals surface area contributed by atoms with Crippen molar-refractivity contribution < 1.29 is 4.92 Å². The average molecular weight is 276 g/mol. The van der Waals surface area contributed by atoms with Crippen LogP contribution in [0.1, 0.15) is 36.7 Å². The molecule has 20 heavy (non-hydrogen) atoms. The van der Waals surface area contributed by atoms with E-state index in [4.69, 9.17) is 0 Å². The molecule has 0 fully saturated rings. The SMILES string of the molecule is CCC(Nc1ccc([N+](=O)[O-])c(C)n1)c1n[nH]c(C)n1. The number of anilines is 1. The molecule has 2 aromatic rings. The van der Waals surface area contributed by atoms with Gasteiger partial charge in [0.1, 0.15) is 17.3 Å². The molecule has 0 aliphatic rings. The number of hydrogen-bond donors (Lipinski definition) is 2. The Morgan fingerprint density at radius 2 is 2.15 bits per heavy atom. The second-order valence-electron chi connectivity index (χ2n) is 4.44. The fourth-order valence-electron chi connectivity index (χ4n) is 1.87. The predicted octanol–water partition coefficient (Wildman–Crippen LogP) is 2.29. The molecule has 1 unspecified atom stereocenters. The standard InChI is InChI=1S/C12H16N6O2/c1-4-9(12-14-8(3)16-17-12)15-11-6-5-10(18(19)20)7(2)13-11/h5-6,9H,4H2,1-3H3,(H,13,15)(H,14,16,17). The van der Waals surface area contributed by atoms with Crippen molar-refractivity contribution in [2.24, 2.45) is 0 Å². The van der Waals surface area contributed by atoms with Gasteiger partial charge in [-0.25, -0.2) is 9.97 Å². The Labute approximate surface area is 115 Å². The third-order valence-electron chi connectivity index (χ3n) is 2.91. The van der Waals surface area contributed by atoms with E-state index >= 15 is 0 Å². The van der Waals surface area contributed by atoms with Crippen LogP contribution in [0.3, 0.4) is 0 Å². The summed E-state index contributed by atoms with van der Waals surface area (Å²) in [6.07, 6.45) is 0.773. The smallest absolute Gasteiger partial charge is 0.290 e. The molecule has 0 spiro atoms. The van der Waals surface area contributed by atoms with Crippen LogP contribution in [0.25, 0.3) is 0 Å². The van der Waals surface area contributed by atoms with Crippen LogP contribution >= 0.6 is 0 Å². The van der Waals surface area contributed by atoms with E-state index in [1.54, 1.807) is 13.0 Å². The van der Waals surface area contributed by atoms with Crippen molar-refractivity contribution in [3.8, 4) is 0 Å². The molecule has 0 bridgehead atoms. The van der Waals surface area contributed by atoms with Crippen molar-refractivity contribution in [2.45, 2.75) is 33.2 Å². The van der Waals surface area contributed by atoms with Gasteiger partial charge in [-0.3, -0.25) is 15.2 Å². The van der Waals surface area contributed by atoms with E-state index in [1.165, 1.54) is 6.07 Å². The van der Waals surface area contributed by atoms with E-state index in [2.05, 4.69) is 25.5 Å². The normalized spacial score (nSPS) is 12.2. The highest BCUT2D eigenvalue weighted by Crippen LogP contribution is 2.22. The van der Waals surface area contributed by atoms with E-state index in [-0.39, 0.29) is 11.7 Å². The van der Waals surface area contributed by atoms with E-state index in [9.17, 15) is 10.1 Å². The van der Waals surface area contributed by atoms with Gasteiger partial charge in [-0.05, 0) is 26.3 Å². The summed E-state index contributed by atoms with van der Waals surface area (Å²) in [4.78, 5) is 18.8. The highest BCUT2D eigenvalue weighted by molar-refractivity contribution is 5.45. The van der Waals surface area contributed by atoms with Gasteiger partial charge in [0, 0.05) is 6.07 Å². The maximum absolute atomic E-state index is 10.8. The van der Waals surface area contributed by atoms with Crippen LogP contribution in [0, 0.1) is 24.0 Å². The third kappa shape index (κ3) is 2.90. The molecule has 2 rings (SSSR count). The number of aromatic amines is 1. The molecule has 8 heteroatoms. The Bertz CT molecular complexity index is 624. The Balaban J connectivity index is 2.20. The maximum atomic E-state index is 10.8. The van der Waals surface area contributed by atoms with Crippen LogP contribution in [0.4, 0.5) is 11.5 Å². The van der Waals surface area contributed by atoms with E-state index in [0.29, 0.717) is 17.3 Å². The zero-order valence-corrected chi connectivity index (χ0v) is 11.5. The summed E-state index contributed by atoms with van der Waals surface area (Å²) in [6.45, 7) is 5.44. The second-order valence-corrected chi connectivity index (χ2v) is 4.44. The van der Waals surface area contributed by atoms with Gasteiger partial charge < -0.3 is 5.32 Å². The molecule has 0 aromatic carbocycles. The zero-order chi connectivity index (χ0) is 14.7. The first-order valence-electron chi connectivity index (χ1n) is 6.28. The summed E-state index contributed by atoms with van der Waals surface area (Å²) in [5, 5.41) is 20.9. The van der Waals surface area contributed by atoms with Gasteiger partial charge in [0.15, 0.2) is 5.82 Å². The Hall–Kier alpha value is -2.51. The molecule has 106 valence electrons. The van der Waals surface area contributed by atoms with Gasteiger partial charge in [-0.1, -0.05) is 6.92 Å². The number of nitro groups is 1. The van der Waals surface area contributed by atoms with E-state index in [1.807, 2.05) is 13.8 Å². The first-order chi connectivity index (χ1) is 9.51. The van der Waals surface area contributed by atoms with Crippen molar-refractivity contribution in [1.29, 1.82) is 0 Å². The number of pyridine rings is 1. The number of H-pyrrole nitrogens is 1. The molecule has 0 aliphatic carbocycles. The minimum absolute atomic E-state index is 0.0114. The van der Waals surface area contributed by atoms with Crippen molar-refractivity contribution >= 4 is 11.5 Å². The van der Waals surface area contributed by atoms with Gasteiger partial charge in [-0.2, -0.15) is 5.10 Å². The molecule has 0 aliphatic heterocycles. The van der Waals surface area contributed by atoms with Crippen LogP contribution in [-0.2, 0) is 0 Å². The molecule has 2 N–H and O–H groups in total. The first-order valence-corrected chi connectivity index (χ1v) is 6.28. The molecular weight excluding hydrogens is 260 g/mol. The topological polar surface area (TPSA) is 110 Å². The lowest BCUT2D eigenvalue weighted by atomic mass is 10.2. The average Bonchev–Trinajstić information content (AvgIpc) is 2.82. The summed E-state index contributed by atoms with van der Waals surface area (Å²) < 4.78 is 0. The molecule has 2 heterocycles. The zero-order valence-electron chi connectivity index (χ0n) is 11.5. The van der Waals surface area contributed by atoms with Crippen molar-refractivity contribution in [1.82, 2.24) is 20.2 Å². The van der Waals surface area contributed by atoms with Crippen LogP contribution in [0.15, 0.2) is 12.1 Å². The molecule has 1 atom stereocenters. The second kappa shape index (κ2) is 5.64. The van der Waals surface area contributed by atoms with Crippen LogP contribution < -0.4 is 5.32 Å². The number of nitrogens with zero attached hydrogens (tertiary/aromatic N) is 4. The predicted molar refractivity (Wildman–Crippen MR) is 73.4 cm³/mol. The molecular formula is C12H16N6O2. The molecule has 0 radical (unpaired) electrons. The molecule has 0 saturated carbocycles. The van der Waals surface area contributed by atoms with E-state index in [0.717, 1.165) is 12.2 Å². The van der Waals surface area contributed by atoms with Crippen LogP contribution in [0.5, 0.6) is 0 Å². The Morgan fingerprint density at radius 1 is 1.40 bits per heavy atom. The monoisotopic (exact) mass is 276 g/mol. The molecule has 2 aromatic heterocycles. The summed E-state index contributed by atoms with van der Waals surface area (Å²) in [6, 6.07) is 2.95. The van der Waals surface area contributed by atoms with Gasteiger partial charge >= 0.3 is 0 Å². The van der Waals surface area contributed by atoms with Crippen molar-refractivity contribution in [2.75, 3.05) is 5.32 Å². The summed E-state index contributed by atoms with van der Waals surface area (Å²) in [5.74, 6) is 1.97. The Morgan fingerprint density at radius 3 is 2.65 bits per heavy atom. The largest absolute Gasteiger partial charge is 0.360 e. The number of nitrogens with one attached hydrogen (secondary N) is 2. The summed E-state index contributed by atoms with van der Waals surface area (Å²) >= 11 is 0. The van der Waals surface area contributed by atoms with Crippen molar-refractivity contribution in [3.05, 3.63) is 39.6 Å². The van der Waals surface area contributed by atoms with Crippen LogP contribution in [0.2, 0.25) is 0 Å². The fourth-order valence-corrected chi connectivity index (χ4v) is 1.87. The lowest BCUT2D eigenvalue weighted by Gasteiger charge is -2.14. The Kier molecular flexibility index (Phi) is 3.92. The van der Waals surface area contributed by atoms with Gasteiger partial charge in [0.05, 0.1) is 11.0 Å². The molecule has 8 nitrogen and oxygen atoms in total. The number of aryl methyl sites for hydroxylation is 2. The summed E-state index contributed by atoms with van der Waals surface area (Å²) in [5.41, 5.74) is 0.387. The number of hydrogen-bond acceptors (Lipinski definition) is 6. The summed E-state index contributed by atoms with van der Waals surface area (Å²) in [7, 11) is 0. The number of aromatic nitrogens is 4. The molecule has 0 amide bonds. The highest BCUT2D eigenvalue weighted by atomic mass is 16.6. The first kappa shape index (κ1) is 13.9. The van der Waals surface area contributed by atoms with Gasteiger partial charge in [0.25, 0.3) is 5.69 Å². The highest BCUT2D eigenvalue weighted by Gasteiger charge is 2.17. The van der Waals surface area contributed by atoms with Crippen molar-refractivity contribution in [3.63, 3.8) is 0 Å². The van der Waals surface area contributed by atoms with Crippen LogP contribution in [-0.4, -0.2) is 25.1 Å². The number of rotatable bonds is 5. The molecule has 0 saturated heterocycles. The maximum Gasteiger partial charge on any atom is 0.290 e. The quantitative estimate of drug-likeness (QED) is 0.640. The van der Waals surface area contributed by atoms with E-state index < -0.39 is 4.92 Å². The lowest BCUT2D eigenvalue weighted by molar-refractivity contribution is -0.385. The minimum Gasteiger partial charge on any atom is -0.360 e. The fraction of sp³-hybridized carbons (Fsp3) is 0.417. The van der Waals surface area contributed by atoms with Gasteiger partial charge in [-0.15, -0.1) is 0 Å². The third-order valence-corrected chi connectivity index (χ3v) is 2.91.